The van der Waals surface area contributed by atoms with Crippen molar-refractivity contribution in [1.82, 2.24) is 10.6 Å². The molecule has 3 N–H and O–H groups in total. The van der Waals surface area contributed by atoms with Crippen molar-refractivity contribution in [2.24, 2.45) is 0 Å². The van der Waals surface area contributed by atoms with Gasteiger partial charge in [-0.3, -0.25) is 9.59 Å². The van der Waals surface area contributed by atoms with E-state index in [-0.39, 0.29) is 11.8 Å². The first-order valence-corrected chi connectivity index (χ1v) is 8.93. The van der Waals surface area contributed by atoms with E-state index in [2.05, 4.69) is 10.6 Å². The van der Waals surface area contributed by atoms with Gasteiger partial charge in [-0.25, -0.2) is 4.79 Å². The smallest absolute Gasteiger partial charge is 0.341 e. The summed E-state index contributed by atoms with van der Waals surface area (Å²) in [6.45, 7) is 5.84. The van der Waals surface area contributed by atoms with Gasteiger partial charge >= 0.3 is 5.97 Å². The molecule has 2 aromatic rings. The Labute approximate surface area is 163 Å². The Morgan fingerprint density at radius 3 is 2.04 bits per heavy atom. The van der Waals surface area contributed by atoms with E-state index < -0.39 is 12.6 Å². The lowest BCUT2D eigenvalue weighted by Gasteiger charge is -2.13. The van der Waals surface area contributed by atoms with Crippen LogP contribution in [0.4, 0.5) is 0 Å². The van der Waals surface area contributed by atoms with Crippen LogP contribution in [-0.4, -0.2) is 36.0 Å². The summed E-state index contributed by atoms with van der Waals surface area (Å²) in [6.07, 6.45) is 0. The van der Waals surface area contributed by atoms with Gasteiger partial charge in [0, 0.05) is 24.2 Å². The molecule has 7 heteroatoms. The number of nitrogens with one attached hydrogen (secondary N) is 2. The van der Waals surface area contributed by atoms with Crippen molar-refractivity contribution in [3.8, 4) is 5.75 Å². The Morgan fingerprint density at radius 1 is 0.929 bits per heavy atom. The molecule has 0 aliphatic rings. The minimum atomic E-state index is -1.06. The third-order valence-corrected chi connectivity index (χ3v) is 4.07. The van der Waals surface area contributed by atoms with Gasteiger partial charge in [-0.15, -0.1) is 0 Å². The molecule has 0 spiro atoms. The summed E-state index contributed by atoms with van der Waals surface area (Å²) in [5, 5.41) is 14.3. The lowest BCUT2D eigenvalue weighted by atomic mass is 10.0. The maximum atomic E-state index is 12.5. The largest absolute Gasteiger partial charge is 0.481 e. The first-order chi connectivity index (χ1) is 13.3. The van der Waals surface area contributed by atoms with Crippen molar-refractivity contribution in [3.05, 3.63) is 64.2 Å². The summed E-state index contributed by atoms with van der Waals surface area (Å²) in [5.41, 5.74) is 3.29. The number of hydrogen-bond acceptors (Lipinski definition) is 4. The maximum Gasteiger partial charge on any atom is 0.341 e. The molecular weight excluding hydrogens is 360 g/mol. The van der Waals surface area contributed by atoms with E-state index in [9.17, 15) is 14.4 Å². The predicted molar refractivity (Wildman–Crippen MR) is 105 cm³/mol. The average molecular weight is 384 g/mol. The summed E-state index contributed by atoms with van der Waals surface area (Å²) in [5.74, 6) is -0.961. The van der Waals surface area contributed by atoms with Crippen molar-refractivity contribution in [2.75, 3.05) is 13.2 Å². The number of carbonyl (C=O) groups is 3. The fourth-order valence-corrected chi connectivity index (χ4v) is 2.76. The Bertz CT molecular complexity index is 852. The second kappa shape index (κ2) is 9.55. The van der Waals surface area contributed by atoms with E-state index >= 15 is 0 Å². The average Bonchev–Trinajstić information content (AvgIpc) is 2.65. The lowest BCUT2D eigenvalue weighted by Crippen LogP contribution is -2.24. The van der Waals surface area contributed by atoms with Gasteiger partial charge in [-0.05, 0) is 61.7 Å². The number of amides is 2. The number of benzene rings is 2. The molecule has 0 aromatic heterocycles. The third-order valence-electron chi connectivity index (χ3n) is 4.07. The number of carboxylic acids is 1. The molecule has 0 bridgehead atoms. The zero-order chi connectivity index (χ0) is 20.7. The second-order valence-electron chi connectivity index (χ2n) is 6.36. The molecule has 0 heterocycles. The summed E-state index contributed by atoms with van der Waals surface area (Å²) >= 11 is 0. The van der Waals surface area contributed by atoms with Crippen molar-refractivity contribution in [3.63, 3.8) is 0 Å². The number of aliphatic carboxylic acids is 1. The molecule has 0 saturated carbocycles. The zero-order valence-corrected chi connectivity index (χ0v) is 16.2. The minimum Gasteiger partial charge on any atom is -0.481 e. The van der Waals surface area contributed by atoms with Crippen LogP contribution in [0, 0.1) is 13.8 Å². The quantitative estimate of drug-likeness (QED) is 0.648. The highest BCUT2D eigenvalue weighted by Crippen LogP contribution is 2.25. The zero-order valence-electron chi connectivity index (χ0n) is 16.2. The monoisotopic (exact) mass is 384 g/mol. The number of carbonyl (C=O) groups excluding carboxylic acids is 2. The van der Waals surface area contributed by atoms with Crippen LogP contribution in [-0.2, 0) is 11.3 Å². The molecule has 2 aromatic carbocycles. The van der Waals surface area contributed by atoms with Crippen LogP contribution < -0.4 is 15.4 Å². The van der Waals surface area contributed by atoms with Gasteiger partial charge in [0.05, 0.1) is 0 Å². The van der Waals surface area contributed by atoms with Crippen molar-refractivity contribution < 1.29 is 24.2 Å². The van der Waals surface area contributed by atoms with Crippen LogP contribution in [0.15, 0.2) is 36.4 Å². The molecule has 0 atom stereocenters. The first kappa shape index (κ1) is 21.0. The maximum absolute atomic E-state index is 12.5. The van der Waals surface area contributed by atoms with Gasteiger partial charge in [-0.2, -0.15) is 0 Å². The standard InChI is InChI=1S/C21H24N2O5/c1-4-22-20(26)16-7-5-15(6-8-16)11-23-21(27)17-9-13(2)19(14(3)10-17)28-12-18(24)25/h5-10H,4,11-12H2,1-3H3,(H,22,26)(H,23,27)(H,24,25). The van der Waals surface area contributed by atoms with E-state index in [4.69, 9.17) is 9.84 Å². The number of carboxylic acid groups (broad SMARTS) is 1. The normalized spacial score (nSPS) is 10.2. The molecule has 0 radical (unpaired) electrons. The second-order valence-corrected chi connectivity index (χ2v) is 6.36. The molecular formula is C21H24N2O5. The van der Waals surface area contributed by atoms with Crippen LogP contribution in [0.25, 0.3) is 0 Å². The van der Waals surface area contributed by atoms with E-state index in [1.54, 1.807) is 50.2 Å². The summed E-state index contributed by atoms with van der Waals surface area (Å²) in [4.78, 5) is 34.9. The molecule has 0 unspecified atom stereocenters. The summed E-state index contributed by atoms with van der Waals surface area (Å²) < 4.78 is 5.28. The molecule has 28 heavy (non-hydrogen) atoms. The fourth-order valence-electron chi connectivity index (χ4n) is 2.76. The lowest BCUT2D eigenvalue weighted by molar-refractivity contribution is -0.139. The molecule has 7 nitrogen and oxygen atoms in total. The van der Waals surface area contributed by atoms with E-state index in [1.807, 2.05) is 6.92 Å². The Balaban J connectivity index is 2.01. The van der Waals surface area contributed by atoms with Gasteiger partial charge in [-0.1, -0.05) is 12.1 Å². The highest BCUT2D eigenvalue weighted by atomic mass is 16.5. The molecule has 2 amide bonds. The van der Waals surface area contributed by atoms with Gasteiger partial charge in [0.1, 0.15) is 5.75 Å². The summed E-state index contributed by atoms with van der Waals surface area (Å²) in [6, 6.07) is 10.4. The molecule has 0 aliphatic carbocycles. The van der Waals surface area contributed by atoms with E-state index in [0.717, 1.165) is 5.56 Å². The SMILES string of the molecule is CCNC(=O)c1ccc(CNC(=O)c2cc(C)c(OCC(=O)O)c(C)c2)cc1. The highest BCUT2D eigenvalue weighted by Gasteiger charge is 2.13. The number of hydrogen-bond donors (Lipinski definition) is 3. The number of ether oxygens (including phenoxy) is 1. The van der Waals surface area contributed by atoms with E-state index in [1.165, 1.54) is 0 Å². The van der Waals surface area contributed by atoms with Crippen LogP contribution in [0.3, 0.4) is 0 Å². The number of rotatable bonds is 8. The third kappa shape index (κ3) is 5.57. The molecule has 0 fully saturated rings. The summed E-state index contributed by atoms with van der Waals surface area (Å²) in [7, 11) is 0. The Morgan fingerprint density at radius 2 is 1.50 bits per heavy atom. The van der Waals surface area contributed by atoms with Crippen molar-refractivity contribution in [1.29, 1.82) is 0 Å². The Kier molecular flexibility index (Phi) is 7.14. The van der Waals surface area contributed by atoms with Crippen LogP contribution in [0.1, 0.15) is 44.3 Å². The fraction of sp³-hybridized carbons (Fsp3) is 0.286. The van der Waals surface area contributed by atoms with Gasteiger partial charge < -0.3 is 20.5 Å². The molecule has 0 aliphatic heterocycles. The number of aryl methyl sites for hydroxylation is 2. The minimum absolute atomic E-state index is 0.130. The topological polar surface area (TPSA) is 105 Å². The molecule has 148 valence electrons. The van der Waals surface area contributed by atoms with Gasteiger partial charge in [0.2, 0.25) is 0 Å². The highest BCUT2D eigenvalue weighted by molar-refractivity contribution is 5.95. The van der Waals surface area contributed by atoms with Gasteiger partial charge in [0.25, 0.3) is 11.8 Å². The molecule has 0 saturated heterocycles. The Hall–Kier alpha value is -3.35. The van der Waals surface area contributed by atoms with Gasteiger partial charge in [0.15, 0.2) is 6.61 Å². The van der Waals surface area contributed by atoms with Crippen molar-refractivity contribution >= 4 is 17.8 Å². The van der Waals surface area contributed by atoms with E-state index in [0.29, 0.717) is 41.1 Å². The predicted octanol–water partition coefficient (Wildman–Crippen LogP) is 2.45. The van der Waals surface area contributed by atoms with Crippen LogP contribution in [0.5, 0.6) is 5.75 Å². The van der Waals surface area contributed by atoms with Crippen molar-refractivity contribution in [2.45, 2.75) is 27.3 Å². The van der Waals surface area contributed by atoms with Crippen LogP contribution >= 0.6 is 0 Å². The van der Waals surface area contributed by atoms with Crippen LogP contribution in [0.2, 0.25) is 0 Å². The molecule has 2 rings (SSSR count). The first-order valence-electron chi connectivity index (χ1n) is 8.93.